The van der Waals surface area contributed by atoms with Gasteiger partial charge in [0.15, 0.2) is 5.82 Å². The van der Waals surface area contributed by atoms with Crippen LogP contribution in [0.1, 0.15) is 31.9 Å². The molecular weight excluding hydrogens is 362 g/mol. The molecule has 2 heterocycles. The van der Waals surface area contributed by atoms with Crippen molar-refractivity contribution in [3.8, 4) is 11.6 Å². The molecule has 4 nitrogen and oxygen atoms in total. The third-order valence-electron chi connectivity index (χ3n) is 5.10. The first-order valence-corrected chi connectivity index (χ1v) is 8.88. The van der Waals surface area contributed by atoms with Crippen molar-refractivity contribution in [2.24, 2.45) is 4.99 Å². The minimum Gasteiger partial charge on any atom is -0.497 e. The summed E-state index contributed by atoms with van der Waals surface area (Å²) in [5.41, 5.74) is 2.89. The van der Waals surface area contributed by atoms with Crippen LogP contribution in [0.4, 0.5) is 14.5 Å². The highest BCUT2D eigenvalue weighted by Gasteiger charge is 2.32. The number of aliphatic imine (C=N–C) groups is 1. The number of hydrogen-bond acceptors (Lipinski definition) is 3. The maximum atomic E-state index is 14.0. The summed E-state index contributed by atoms with van der Waals surface area (Å²) in [5.74, 6) is -0.751. The number of benzene rings is 2. The smallest absolute Gasteiger partial charge is 0.201 e. The highest BCUT2D eigenvalue weighted by Crippen LogP contribution is 2.45. The fourth-order valence-corrected chi connectivity index (χ4v) is 3.90. The van der Waals surface area contributed by atoms with E-state index in [9.17, 15) is 13.9 Å². The van der Waals surface area contributed by atoms with E-state index in [1.54, 1.807) is 7.11 Å². The lowest BCUT2D eigenvalue weighted by Crippen LogP contribution is -2.26. The summed E-state index contributed by atoms with van der Waals surface area (Å²) in [7, 11) is 1.58. The summed E-state index contributed by atoms with van der Waals surface area (Å²) in [4.78, 5) is 4.15. The summed E-state index contributed by atoms with van der Waals surface area (Å²) in [6.07, 6.45) is 3.49. The number of halogens is 2. The van der Waals surface area contributed by atoms with Gasteiger partial charge in [0.2, 0.25) is 5.88 Å². The number of hydrogen-bond donors (Lipinski definition) is 1. The van der Waals surface area contributed by atoms with E-state index in [0.717, 1.165) is 34.2 Å². The Morgan fingerprint density at radius 2 is 1.93 bits per heavy atom. The average Bonchev–Trinajstić information content (AvgIpc) is 2.91. The van der Waals surface area contributed by atoms with Crippen molar-refractivity contribution in [2.45, 2.75) is 26.3 Å². The third-order valence-corrected chi connectivity index (χ3v) is 5.10. The van der Waals surface area contributed by atoms with Crippen molar-refractivity contribution in [2.75, 3.05) is 7.11 Å². The van der Waals surface area contributed by atoms with Gasteiger partial charge in [0.25, 0.3) is 0 Å². The van der Waals surface area contributed by atoms with Crippen LogP contribution < -0.4 is 4.74 Å². The monoisotopic (exact) mass is 382 g/mol. The molecule has 0 aliphatic carbocycles. The van der Waals surface area contributed by atoms with E-state index in [2.05, 4.69) is 11.1 Å². The van der Waals surface area contributed by atoms with Gasteiger partial charge in [0.1, 0.15) is 11.6 Å². The van der Waals surface area contributed by atoms with Gasteiger partial charge >= 0.3 is 0 Å². The van der Waals surface area contributed by atoms with E-state index in [-0.39, 0.29) is 11.6 Å². The van der Waals surface area contributed by atoms with Gasteiger partial charge in [-0.15, -0.1) is 0 Å². The third kappa shape index (κ3) is 2.68. The molecule has 4 rings (SSSR count). The van der Waals surface area contributed by atoms with Crippen LogP contribution in [0.3, 0.4) is 0 Å². The topological polar surface area (TPSA) is 46.8 Å². The molecule has 1 aliphatic rings. The standard InChI is InChI=1S/C22H20F2N2O2/c1-12-10-22(2,3)26-20-15(12)8-14(28-4)9-16(20)17(21(26)27)11-25-19-6-5-13(23)7-18(19)24/h5-11,27H,1-4H3. The predicted octanol–water partition coefficient (Wildman–Crippen LogP) is 5.54. The van der Waals surface area contributed by atoms with Gasteiger partial charge in [-0.1, -0.05) is 6.08 Å². The molecule has 0 amide bonds. The van der Waals surface area contributed by atoms with E-state index in [0.29, 0.717) is 11.3 Å². The second kappa shape index (κ2) is 6.19. The second-order valence-corrected chi connectivity index (χ2v) is 7.48. The van der Waals surface area contributed by atoms with Crippen molar-refractivity contribution in [3.05, 3.63) is 59.2 Å². The summed E-state index contributed by atoms with van der Waals surface area (Å²) in [6, 6.07) is 6.94. The van der Waals surface area contributed by atoms with Crippen LogP contribution in [0, 0.1) is 11.6 Å². The number of methoxy groups -OCH3 is 1. The van der Waals surface area contributed by atoms with Crippen LogP contribution in [-0.4, -0.2) is 23.0 Å². The minimum atomic E-state index is -0.764. The van der Waals surface area contributed by atoms with Gasteiger partial charge in [0, 0.05) is 23.2 Å². The summed E-state index contributed by atoms with van der Waals surface area (Å²) >= 11 is 0. The number of ether oxygens (including phenoxy) is 1. The number of aromatic hydroxyl groups is 1. The lowest BCUT2D eigenvalue weighted by molar-refractivity contribution is 0.361. The molecule has 1 N–H and O–H groups in total. The Kier molecular flexibility index (Phi) is 4.03. The van der Waals surface area contributed by atoms with E-state index >= 15 is 0 Å². The Morgan fingerprint density at radius 3 is 2.61 bits per heavy atom. The predicted molar refractivity (Wildman–Crippen MR) is 107 cm³/mol. The fourth-order valence-electron chi connectivity index (χ4n) is 3.90. The number of aromatic nitrogens is 1. The van der Waals surface area contributed by atoms with Crippen LogP contribution in [-0.2, 0) is 5.54 Å². The molecule has 0 saturated carbocycles. The molecule has 0 unspecified atom stereocenters. The molecule has 1 aromatic heterocycles. The van der Waals surface area contributed by atoms with E-state index in [4.69, 9.17) is 4.74 Å². The summed E-state index contributed by atoms with van der Waals surface area (Å²) < 4.78 is 34.4. The molecule has 0 bridgehead atoms. The molecule has 6 heteroatoms. The van der Waals surface area contributed by atoms with E-state index in [1.165, 1.54) is 12.3 Å². The molecular formula is C22H20F2N2O2. The number of rotatable bonds is 3. The molecule has 3 aromatic rings. The van der Waals surface area contributed by atoms with Crippen LogP contribution in [0.5, 0.6) is 11.6 Å². The maximum Gasteiger partial charge on any atom is 0.201 e. The fraction of sp³-hybridized carbons (Fsp3) is 0.227. The molecule has 0 fully saturated rings. The molecule has 0 radical (unpaired) electrons. The molecule has 2 aromatic carbocycles. The Balaban J connectivity index is 1.98. The Labute approximate surface area is 161 Å². The highest BCUT2D eigenvalue weighted by atomic mass is 19.1. The van der Waals surface area contributed by atoms with Gasteiger partial charge in [-0.3, -0.25) is 4.99 Å². The molecule has 0 atom stereocenters. The number of allylic oxidation sites excluding steroid dienone is 2. The summed E-state index contributed by atoms with van der Waals surface area (Å²) in [6.45, 7) is 6.03. The van der Waals surface area contributed by atoms with Crippen molar-refractivity contribution in [3.63, 3.8) is 0 Å². The maximum absolute atomic E-state index is 14.0. The minimum absolute atomic E-state index is 0.00624. The SMILES string of the molecule is COc1cc2c3c(c1)c(C=Nc1ccc(F)cc1F)c(O)n3C(C)(C)C=C2C. The van der Waals surface area contributed by atoms with Crippen LogP contribution in [0.2, 0.25) is 0 Å². The first-order valence-electron chi connectivity index (χ1n) is 8.88. The van der Waals surface area contributed by atoms with Crippen molar-refractivity contribution in [1.29, 1.82) is 0 Å². The zero-order valence-electron chi connectivity index (χ0n) is 16.0. The lowest BCUT2D eigenvalue weighted by atomic mass is 9.91. The molecule has 0 saturated heterocycles. The van der Waals surface area contributed by atoms with Crippen molar-refractivity contribution >= 4 is 28.4 Å². The molecule has 0 spiro atoms. The Hall–Kier alpha value is -3.15. The van der Waals surface area contributed by atoms with Crippen LogP contribution in [0.15, 0.2) is 41.4 Å². The zero-order valence-corrected chi connectivity index (χ0v) is 16.0. The number of nitrogens with zero attached hydrogens (tertiary/aromatic N) is 2. The largest absolute Gasteiger partial charge is 0.497 e. The van der Waals surface area contributed by atoms with Gasteiger partial charge in [0.05, 0.1) is 29.4 Å². The van der Waals surface area contributed by atoms with Gasteiger partial charge < -0.3 is 14.4 Å². The Bertz CT molecular complexity index is 1170. The molecule has 144 valence electrons. The van der Waals surface area contributed by atoms with Crippen LogP contribution >= 0.6 is 0 Å². The normalized spacial score (nSPS) is 15.3. The zero-order chi connectivity index (χ0) is 20.2. The second-order valence-electron chi connectivity index (χ2n) is 7.48. The van der Waals surface area contributed by atoms with Crippen molar-refractivity contribution < 1.29 is 18.6 Å². The van der Waals surface area contributed by atoms with Gasteiger partial charge in [-0.25, -0.2) is 8.78 Å². The molecule has 1 aliphatic heterocycles. The van der Waals surface area contributed by atoms with Gasteiger partial charge in [-0.2, -0.15) is 0 Å². The lowest BCUT2D eigenvalue weighted by Gasteiger charge is -2.31. The van der Waals surface area contributed by atoms with E-state index in [1.807, 2.05) is 37.5 Å². The quantitative estimate of drug-likeness (QED) is 0.605. The first kappa shape index (κ1) is 18.2. The highest BCUT2D eigenvalue weighted by molar-refractivity contribution is 6.08. The summed E-state index contributed by atoms with van der Waals surface area (Å²) in [5, 5.41) is 11.7. The van der Waals surface area contributed by atoms with Crippen LogP contribution in [0.25, 0.3) is 16.5 Å². The first-order chi connectivity index (χ1) is 13.2. The molecule has 28 heavy (non-hydrogen) atoms. The average molecular weight is 382 g/mol. The van der Waals surface area contributed by atoms with E-state index < -0.39 is 17.2 Å². The van der Waals surface area contributed by atoms with Gasteiger partial charge in [-0.05, 0) is 50.6 Å². The Morgan fingerprint density at radius 1 is 1.18 bits per heavy atom. The van der Waals surface area contributed by atoms with Crippen molar-refractivity contribution in [1.82, 2.24) is 4.57 Å².